The van der Waals surface area contributed by atoms with Gasteiger partial charge in [0.1, 0.15) is 0 Å². The molecule has 1 N–H and O–H groups in total. The normalized spacial score (nSPS) is 11.9. The second-order valence-corrected chi connectivity index (χ2v) is 4.52. The van der Waals surface area contributed by atoms with Crippen LogP contribution in [0.1, 0.15) is 27.7 Å². The molecular weight excluding hydrogens is 192 g/mol. The first-order valence-corrected chi connectivity index (χ1v) is 5.48. The Morgan fingerprint density at radius 3 is 2.07 bits per heavy atom. The Balaban J connectivity index is 4.09. The van der Waals surface area contributed by atoms with Gasteiger partial charge in [0.15, 0.2) is 0 Å². The summed E-state index contributed by atoms with van der Waals surface area (Å²) < 4.78 is 0. The highest BCUT2D eigenvalue weighted by atomic mass is 16.3. The Morgan fingerprint density at radius 1 is 1.27 bits per heavy atom. The second-order valence-electron chi connectivity index (χ2n) is 4.52. The number of carbonyl (C=O) groups is 1. The van der Waals surface area contributed by atoms with Gasteiger partial charge in [0.05, 0.1) is 12.1 Å². The summed E-state index contributed by atoms with van der Waals surface area (Å²) in [5.74, 6) is 0.0563. The molecule has 4 heteroatoms. The number of rotatable bonds is 6. The molecule has 0 rings (SSSR count). The van der Waals surface area contributed by atoms with Crippen LogP contribution in [0.5, 0.6) is 0 Å². The van der Waals surface area contributed by atoms with Crippen LogP contribution in [-0.4, -0.2) is 59.6 Å². The highest BCUT2D eigenvalue weighted by Gasteiger charge is 2.20. The first kappa shape index (κ1) is 14.4. The summed E-state index contributed by atoms with van der Waals surface area (Å²) in [6, 6.07) is 0. The van der Waals surface area contributed by atoms with Gasteiger partial charge in [-0.05, 0) is 26.9 Å². The van der Waals surface area contributed by atoms with Crippen molar-refractivity contribution in [1.29, 1.82) is 0 Å². The zero-order chi connectivity index (χ0) is 12.1. The Kier molecular flexibility index (Phi) is 5.83. The minimum atomic E-state index is -0.826. The number of hydrogen-bond donors (Lipinski definition) is 1. The fourth-order valence-corrected chi connectivity index (χ4v) is 1.43. The van der Waals surface area contributed by atoms with E-state index in [4.69, 9.17) is 0 Å². The average Bonchev–Trinajstić information content (AvgIpc) is 2.10. The third kappa shape index (κ3) is 6.47. The third-order valence-electron chi connectivity index (χ3n) is 2.30. The SMILES string of the molecule is CCN(CC)CC(=O)N(C)CC(C)(C)O. The van der Waals surface area contributed by atoms with Gasteiger partial charge in [-0.3, -0.25) is 9.69 Å². The van der Waals surface area contributed by atoms with E-state index >= 15 is 0 Å². The number of likely N-dealkylation sites (N-methyl/N-ethyl adjacent to an activating group) is 2. The first-order chi connectivity index (χ1) is 6.80. The third-order valence-corrected chi connectivity index (χ3v) is 2.30. The maximum atomic E-state index is 11.7. The van der Waals surface area contributed by atoms with Crippen molar-refractivity contribution in [3.05, 3.63) is 0 Å². The van der Waals surface area contributed by atoms with Crippen molar-refractivity contribution in [2.24, 2.45) is 0 Å². The molecule has 0 aromatic rings. The molecule has 1 amide bonds. The van der Waals surface area contributed by atoms with Crippen LogP contribution in [0.3, 0.4) is 0 Å². The molecule has 0 saturated carbocycles. The van der Waals surface area contributed by atoms with Crippen molar-refractivity contribution in [2.45, 2.75) is 33.3 Å². The summed E-state index contributed by atoms with van der Waals surface area (Å²) in [6.45, 7) is 10.0. The molecule has 0 aliphatic heterocycles. The van der Waals surface area contributed by atoms with Gasteiger partial charge in [0, 0.05) is 13.6 Å². The van der Waals surface area contributed by atoms with Gasteiger partial charge in [-0.15, -0.1) is 0 Å². The molecule has 15 heavy (non-hydrogen) atoms. The molecule has 0 heterocycles. The minimum absolute atomic E-state index is 0.0563. The van der Waals surface area contributed by atoms with Crippen molar-refractivity contribution >= 4 is 5.91 Å². The highest BCUT2D eigenvalue weighted by Crippen LogP contribution is 2.03. The van der Waals surface area contributed by atoms with Crippen molar-refractivity contribution in [1.82, 2.24) is 9.80 Å². The van der Waals surface area contributed by atoms with Gasteiger partial charge in [-0.25, -0.2) is 0 Å². The van der Waals surface area contributed by atoms with Gasteiger partial charge in [-0.1, -0.05) is 13.8 Å². The number of carbonyl (C=O) groups excluding carboxylic acids is 1. The van der Waals surface area contributed by atoms with E-state index in [1.807, 2.05) is 13.8 Å². The second kappa shape index (κ2) is 6.08. The molecule has 0 bridgehead atoms. The number of amides is 1. The lowest BCUT2D eigenvalue weighted by Crippen LogP contribution is -2.44. The molecule has 0 aliphatic rings. The minimum Gasteiger partial charge on any atom is -0.389 e. The van der Waals surface area contributed by atoms with Crippen LogP contribution in [0.15, 0.2) is 0 Å². The number of hydrogen-bond acceptors (Lipinski definition) is 3. The standard InChI is InChI=1S/C11H24N2O2/c1-6-13(7-2)8-10(14)12(5)9-11(3,4)15/h15H,6-9H2,1-5H3. The lowest BCUT2D eigenvalue weighted by Gasteiger charge is -2.27. The Labute approximate surface area is 92.9 Å². The summed E-state index contributed by atoms with van der Waals surface area (Å²) in [6.07, 6.45) is 0. The van der Waals surface area contributed by atoms with E-state index < -0.39 is 5.60 Å². The van der Waals surface area contributed by atoms with Crippen molar-refractivity contribution in [2.75, 3.05) is 33.2 Å². The van der Waals surface area contributed by atoms with E-state index in [0.717, 1.165) is 13.1 Å². The quantitative estimate of drug-likeness (QED) is 0.705. The van der Waals surface area contributed by atoms with Crippen LogP contribution in [0.4, 0.5) is 0 Å². The lowest BCUT2D eigenvalue weighted by atomic mass is 10.1. The van der Waals surface area contributed by atoms with Gasteiger partial charge < -0.3 is 10.0 Å². The number of aliphatic hydroxyl groups is 1. The molecule has 0 aromatic carbocycles. The molecule has 0 atom stereocenters. The molecule has 0 unspecified atom stereocenters. The predicted molar refractivity (Wildman–Crippen MR) is 61.7 cm³/mol. The smallest absolute Gasteiger partial charge is 0.236 e. The largest absolute Gasteiger partial charge is 0.389 e. The molecular formula is C11H24N2O2. The average molecular weight is 216 g/mol. The van der Waals surface area contributed by atoms with E-state index in [1.165, 1.54) is 0 Å². The molecule has 0 spiro atoms. The van der Waals surface area contributed by atoms with Crippen LogP contribution < -0.4 is 0 Å². The molecule has 0 fully saturated rings. The Bertz CT molecular complexity index is 195. The Hall–Kier alpha value is -0.610. The summed E-state index contributed by atoms with van der Waals surface area (Å²) >= 11 is 0. The zero-order valence-electron chi connectivity index (χ0n) is 10.6. The molecule has 90 valence electrons. The van der Waals surface area contributed by atoms with E-state index in [9.17, 15) is 9.90 Å². The summed E-state index contributed by atoms with van der Waals surface area (Å²) in [7, 11) is 1.73. The highest BCUT2D eigenvalue weighted by molar-refractivity contribution is 5.78. The van der Waals surface area contributed by atoms with Crippen LogP contribution in [-0.2, 0) is 4.79 Å². The van der Waals surface area contributed by atoms with Crippen LogP contribution >= 0.6 is 0 Å². The van der Waals surface area contributed by atoms with Crippen molar-refractivity contribution in [3.8, 4) is 0 Å². The van der Waals surface area contributed by atoms with Crippen molar-refractivity contribution in [3.63, 3.8) is 0 Å². The first-order valence-electron chi connectivity index (χ1n) is 5.48. The Morgan fingerprint density at radius 2 is 1.73 bits per heavy atom. The summed E-state index contributed by atoms with van der Waals surface area (Å²) in [5, 5.41) is 9.58. The lowest BCUT2D eigenvalue weighted by molar-refractivity contribution is -0.133. The zero-order valence-corrected chi connectivity index (χ0v) is 10.6. The molecule has 0 aromatic heterocycles. The van der Waals surface area contributed by atoms with E-state index in [1.54, 1.807) is 25.8 Å². The fraction of sp³-hybridized carbons (Fsp3) is 0.909. The molecule has 0 saturated heterocycles. The van der Waals surface area contributed by atoms with Crippen LogP contribution in [0.25, 0.3) is 0 Å². The van der Waals surface area contributed by atoms with Gasteiger partial charge in [0.25, 0.3) is 0 Å². The van der Waals surface area contributed by atoms with E-state index in [2.05, 4.69) is 4.90 Å². The van der Waals surface area contributed by atoms with Crippen molar-refractivity contribution < 1.29 is 9.90 Å². The monoisotopic (exact) mass is 216 g/mol. The molecule has 4 nitrogen and oxygen atoms in total. The molecule has 0 aliphatic carbocycles. The van der Waals surface area contributed by atoms with Gasteiger partial charge >= 0.3 is 0 Å². The van der Waals surface area contributed by atoms with Gasteiger partial charge in [-0.2, -0.15) is 0 Å². The van der Waals surface area contributed by atoms with Gasteiger partial charge in [0.2, 0.25) is 5.91 Å². The fourth-order valence-electron chi connectivity index (χ4n) is 1.43. The summed E-state index contributed by atoms with van der Waals surface area (Å²) in [4.78, 5) is 15.4. The maximum Gasteiger partial charge on any atom is 0.236 e. The molecule has 0 radical (unpaired) electrons. The predicted octanol–water partition coefficient (Wildman–Crippen LogP) is 0.557. The number of nitrogens with zero attached hydrogens (tertiary/aromatic N) is 2. The summed E-state index contributed by atoms with van der Waals surface area (Å²) in [5.41, 5.74) is -0.826. The topological polar surface area (TPSA) is 43.8 Å². The maximum absolute atomic E-state index is 11.7. The van der Waals surface area contributed by atoms with Crippen LogP contribution in [0.2, 0.25) is 0 Å². The van der Waals surface area contributed by atoms with E-state index in [0.29, 0.717) is 13.1 Å². The van der Waals surface area contributed by atoms with Crippen LogP contribution in [0, 0.1) is 0 Å². The van der Waals surface area contributed by atoms with E-state index in [-0.39, 0.29) is 5.91 Å².